The molecule has 0 bridgehead atoms. The van der Waals surface area contributed by atoms with Crippen LogP contribution in [-0.2, 0) is 11.3 Å². The first-order valence-electron chi connectivity index (χ1n) is 6.72. The largest absolute Gasteiger partial charge is 0.573 e. The average Bonchev–Trinajstić information content (AvgIpc) is 2.38. The zero-order chi connectivity index (χ0) is 15.3. The summed E-state index contributed by atoms with van der Waals surface area (Å²) in [6, 6.07) is 5.78. The lowest BCUT2D eigenvalue weighted by Crippen LogP contribution is -2.44. The van der Waals surface area contributed by atoms with Crippen molar-refractivity contribution in [2.45, 2.75) is 31.3 Å². The molecule has 0 spiro atoms. The Bertz CT molecular complexity index is 459. The van der Waals surface area contributed by atoms with Crippen LogP contribution in [0.2, 0.25) is 0 Å². The quantitative estimate of drug-likeness (QED) is 0.876. The summed E-state index contributed by atoms with van der Waals surface area (Å²) in [5, 5.41) is 13.3. The Morgan fingerprint density at radius 1 is 1.29 bits per heavy atom. The Morgan fingerprint density at radius 3 is 2.67 bits per heavy atom. The normalized spacial score (nSPS) is 18.5. The molecule has 4 nitrogen and oxygen atoms in total. The number of nitrogens with one attached hydrogen (secondary N) is 1. The van der Waals surface area contributed by atoms with Crippen LogP contribution in [-0.4, -0.2) is 36.8 Å². The Morgan fingerprint density at radius 2 is 2.00 bits per heavy atom. The van der Waals surface area contributed by atoms with Crippen molar-refractivity contribution in [3.63, 3.8) is 0 Å². The average molecular weight is 305 g/mol. The van der Waals surface area contributed by atoms with Crippen LogP contribution in [0.1, 0.15) is 18.4 Å². The molecule has 7 heteroatoms. The lowest BCUT2D eigenvalue weighted by Gasteiger charge is -2.32. The SMILES string of the molecule is OC1(CNCc2cccc(OC(F)(F)F)c2)CCOCC1. The van der Waals surface area contributed by atoms with Crippen molar-refractivity contribution in [2.75, 3.05) is 19.8 Å². The van der Waals surface area contributed by atoms with Gasteiger partial charge in [-0.15, -0.1) is 13.2 Å². The van der Waals surface area contributed by atoms with Crippen LogP contribution in [0, 0.1) is 0 Å². The van der Waals surface area contributed by atoms with Crippen LogP contribution in [0.25, 0.3) is 0 Å². The minimum atomic E-state index is -4.69. The van der Waals surface area contributed by atoms with E-state index in [4.69, 9.17) is 4.74 Å². The molecule has 0 saturated carbocycles. The molecule has 0 unspecified atom stereocenters. The van der Waals surface area contributed by atoms with Crippen molar-refractivity contribution in [3.05, 3.63) is 29.8 Å². The molecule has 2 N–H and O–H groups in total. The van der Waals surface area contributed by atoms with Gasteiger partial charge in [0, 0.05) is 39.1 Å². The topological polar surface area (TPSA) is 50.7 Å². The van der Waals surface area contributed by atoms with E-state index in [0.29, 0.717) is 44.7 Å². The highest BCUT2D eigenvalue weighted by atomic mass is 19.4. The van der Waals surface area contributed by atoms with Gasteiger partial charge in [-0.25, -0.2) is 0 Å². The zero-order valence-electron chi connectivity index (χ0n) is 11.4. The maximum absolute atomic E-state index is 12.1. The number of hydrogen-bond acceptors (Lipinski definition) is 4. The smallest absolute Gasteiger partial charge is 0.406 e. The van der Waals surface area contributed by atoms with Gasteiger partial charge in [-0.2, -0.15) is 0 Å². The van der Waals surface area contributed by atoms with Gasteiger partial charge in [0.2, 0.25) is 0 Å². The first-order chi connectivity index (χ1) is 9.86. The van der Waals surface area contributed by atoms with Gasteiger partial charge in [0.1, 0.15) is 5.75 Å². The van der Waals surface area contributed by atoms with E-state index < -0.39 is 12.0 Å². The molecule has 1 aromatic carbocycles. The molecular formula is C14H18F3NO3. The fourth-order valence-electron chi connectivity index (χ4n) is 2.22. The lowest BCUT2D eigenvalue weighted by molar-refractivity contribution is -0.274. The molecule has 1 aromatic rings. The molecule has 0 aromatic heterocycles. The van der Waals surface area contributed by atoms with E-state index in [-0.39, 0.29) is 5.75 Å². The second kappa shape index (κ2) is 6.64. The number of ether oxygens (including phenoxy) is 2. The zero-order valence-corrected chi connectivity index (χ0v) is 11.4. The number of rotatable bonds is 5. The first kappa shape index (κ1) is 16.1. The number of alkyl halides is 3. The van der Waals surface area contributed by atoms with E-state index in [2.05, 4.69) is 10.1 Å². The third kappa shape index (κ3) is 5.53. The molecule has 0 amide bonds. The highest BCUT2D eigenvalue weighted by molar-refractivity contribution is 5.28. The summed E-state index contributed by atoms with van der Waals surface area (Å²) in [5.41, 5.74) is -0.148. The third-order valence-electron chi connectivity index (χ3n) is 3.34. The Labute approximate surface area is 120 Å². The Balaban J connectivity index is 1.84. The van der Waals surface area contributed by atoms with Gasteiger partial charge in [-0.05, 0) is 17.7 Å². The van der Waals surface area contributed by atoms with Crippen molar-refractivity contribution >= 4 is 0 Å². The molecule has 0 aliphatic carbocycles. The van der Waals surface area contributed by atoms with Gasteiger partial charge in [-0.1, -0.05) is 12.1 Å². The van der Waals surface area contributed by atoms with Crippen molar-refractivity contribution in [1.82, 2.24) is 5.32 Å². The number of hydrogen-bond donors (Lipinski definition) is 2. The summed E-state index contributed by atoms with van der Waals surface area (Å²) in [7, 11) is 0. The Kier molecular flexibility index (Phi) is 5.08. The first-order valence-corrected chi connectivity index (χ1v) is 6.72. The monoisotopic (exact) mass is 305 g/mol. The molecule has 118 valence electrons. The second-order valence-electron chi connectivity index (χ2n) is 5.14. The van der Waals surface area contributed by atoms with Crippen LogP contribution >= 0.6 is 0 Å². The van der Waals surface area contributed by atoms with Crippen molar-refractivity contribution in [1.29, 1.82) is 0 Å². The molecule has 0 atom stereocenters. The predicted octanol–water partition coefficient (Wildman–Crippen LogP) is 2.22. The maximum atomic E-state index is 12.1. The summed E-state index contributed by atoms with van der Waals surface area (Å²) < 4.78 is 45.5. The standard InChI is InChI=1S/C14H18F3NO3/c15-14(16,17)21-12-3-1-2-11(8-12)9-18-10-13(19)4-6-20-7-5-13/h1-3,8,18-19H,4-7,9-10H2. The summed E-state index contributed by atoms with van der Waals surface area (Å²) in [4.78, 5) is 0. The third-order valence-corrected chi connectivity index (χ3v) is 3.34. The van der Waals surface area contributed by atoms with E-state index in [1.165, 1.54) is 18.2 Å². The highest BCUT2D eigenvalue weighted by Gasteiger charge is 2.31. The summed E-state index contributed by atoms with van der Waals surface area (Å²) in [6.45, 7) is 1.78. The predicted molar refractivity (Wildman–Crippen MR) is 69.8 cm³/mol. The fourth-order valence-corrected chi connectivity index (χ4v) is 2.22. The van der Waals surface area contributed by atoms with Gasteiger partial charge < -0.3 is 19.9 Å². The molecule has 2 rings (SSSR count). The minimum Gasteiger partial charge on any atom is -0.406 e. The van der Waals surface area contributed by atoms with Crippen LogP contribution in [0.3, 0.4) is 0 Å². The Hall–Kier alpha value is -1.31. The second-order valence-corrected chi connectivity index (χ2v) is 5.14. The molecule has 1 heterocycles. The molecule has 1 aliphatic heterocycles. The molecule has 21 heavy (non-hydrogen) atoms. The van der Waals surface area contributed by atoms with Crippen LogP contribution in [0.4, 0.5) is 13.2 Å². The van der Waals surface area contributed by atoms with Crippen molar-refractivity contribution in [2.24, 2.45) is 0 Å². The molecule has 1 fully saturated rings. The molecule has 1 saturated heterocycles. The van der Waals surface area contributed by atoms with Crippen LogP contribution in [0.15, 0.2) is 24.3 Å². The number of halogens is 3. The maximum Gasteiger partial charge on any atom is 0.573 e. The van der Waals surface area contributed by atoms with Gasteiger partial charge in [0.05, 0.1) is 5.60 Å². The summed E-state index contributed by atoms with van der Waals surface area (Å²) in [6.07, 6.45) is -3.59. The van der Waals surface area contributed by atoms with Gasteiger partial charge in [0.25, 0.3) is 0 Å². The number of aliphatic hydroxyl groups is 1. The van der Waals surface area contributed by atoms with Gasteiger partial charge >= 0.3 is 6.36 Å². The van der Waals surface area contributed by atoms with E-state index in [0.717, 1.165) is 0 Å². The van der Waals surface area contributed by atoms with E-state index in [9.17, 15) is 18.3 Å². The highest BCUT2D eigenvalue weighted by Crippen LogP contribution is 2.23. The van der Waals surface area contributed by atoms with E-state index in [1.807, 2.05) is 0 Å². The van der Waals surface area contributed by atoms with E-state index >= 15 is 0 Å². The van der Waals surface area contributed by atoms with Gasteiger partial charge in [-0.3, -0.25) is 0 Å². The molecule has 1 aliphatic rings. The molecular weight excluding hydrogens is 287 g/mol. The fraction of sp³-hybridized carbons (Fsp3) is 0.571. The summed E-state index contributed by atoms with van der Waals surface area (Å²) in [5.74, 6) is -0.244. The van der Waals surface area contributed by atoms with Crippen LogP contribution in [0.5, 0.6) is 5.75 Å². The number of benzene rings is 1. The van der Waals surface area contributed by atoms with E-state index in [1.54, 1.807) is 6.07 Å². The van der Waals surface area contributed by atoms with Crippen molar-refractivity contribution < 1.29 is 27.8 Å². The van der Waals surface area contributed by atoms with Crippen LogP contribution < -0.4 is 10.1 Å². The van der Waals surface area contributed by atoms with Crippen molar-refractivity contribution in [3.8, 4) is 5.75 Å². The summed E-state index contributed by atoms with van der Waals surface area (Å²) >= 11 is 0. The van der Waals surface area contributed by atoms with Gasteiger partial charge in [0.15, 0.2) is 0 Å². The molecule has 0 radical (unpaired) electrons. The lowest BCUT2D eigenvalue weighted by atomic mass is 9.94. The minimum absolute atomic E-state index is 0.244.